The van der Waals surface area contributed by atoms with Crippen molar-refractivity contribution >= 4 is 6.09 Å². The molecule has 4 rings (SSSR count). The molecule has 126 valence electrons. The Kier molecular flexibility index (Phi) is 3.57. The first-order chi connectivity index (χ1) is 12.1. The Morgan fingerprint density at radius 1 is 1.16 bits per heavy atom. The lowest BCUT2D eigenvalue weighted by atomic mass is 9.91. The van der Waals surface area contributed by atoms with Crippen LogP contribution in [0.15, 0.2) is 42.7 Å². The Morgan fingerprint density at radius 2 is 1.96 bits per heavy atom. The fourth-order valence-corrected chi connectivity index (χ4v) is 3.76. The fraction of sp³-hybridized carbons (Fsp3) is 0.200. The maximum absolute atomic E-state index is 11.6. The second kappa shape index (κ2) is 5.77. The van der Waals surface area contributed by atoms with Gasteiger partial charge in [0.15, 0.2) is 5.75 Å². The molecule has 5 heteroatoms. The zero-order valence-electron chi connectivity index (χ0n) is 14.2. The van der Waals surface area contributed by atoms with Crippen molar-refractivity contribution in [3.63, 3.8) is 0 Å². The molecule has 0 saturated heterocycles. The van der Waals surface area contributed by atoms with Crippen LogP contribution in [-0.2, 0) is 19.9 Å². The molecule has 1 aromatic carbocycles. The summed E-state index contributed by atoms with van der Waals surface area (Å²) in [5.74, 6) is 0.571. The molecule has 0 saturated carbocycles. The average molecular weight is 333 g/mol. The minimum absolute atomic E-state index is 0.571. The number of aryl methyl sites for hydroxylation is 2. The van der Waals surface area contributed by atoms with Crippen LogP contribution in [0.4, 0.5) is 4.79 Å². The lowest BCUT2D eigenvalue weighted by Crippen LogP contribution is -2.17. The largest absolute Gasteiger partial charge is 0.410 e. The molecule has 0 unspecified atom stereocenters. The van der Waals surface area contributed by atoms with E-state index in [2.05, 4.69) is 9.55 Å². The summed E-state index contributed by atoms with van der Waals surface area (Å²) < 4.78 is 7.60. The van der Waals surface area contributed by atoms with Crippen molar-refractivity contribution in [2.45, 2.75) is 19.8 Å². The molecule has 0 fully saturated rings. The third-order valence-corrected chi connectivity index (χ3v) is 4.85. The van der Waals surface area contributed by atoms with E-state index in [1.54, 1.807) is 6.20 Å². The summed E-state index contributed by atoms with van der Waals surface area (Å²) in [6, 6.07) is 10.1. The molecule has 1 amide bonds. The Hall–Kier alpha value is -3.08. The lowest BCUT2D eigenvalue weighted by molar-refractivity contribution is 0.210. The summed E-state index contributed by atoms with van der Waals surface area (Å²) in [4.78, 5) is 15.8. The van der Waals surface area contributed by atoms with Gasteiger partial charge in [-0.05, 0) is 37.0 Å². The molecule has 0 radical (unpaired) electrons. The smallest absolute Gasteiger partial charge is 0.408 e. The molecule has 0 bridgehead atoms. The molecule has 3 aromatic rings. The third-order valence-electron chi connectivity index (χ3n) is 4.85. The highest BCUT2D eigenvalue weighted by Gasteiger charge is 2.29. The van der Waals surface area contributed by atoms with Crippen LogP contribution in [0.3, 0.4) is 0 Å². The molecule has 0 spiro atoms. The van der Waals surface area contributed by atoms with E-state index in [4.69, 9.17) is 10.5 Å². The quantitative estimate of drug-likeness (QED) is 0.778. The molecule has 0 aliphatic heterocycles. The summed E-state index contributed by atoms with van der Waals surface area (Å²) in [7, 11) is 2.00. The maximum atomic E-state index is 11.6. The average Bonchev–Trinajstić information content (AvgIpc) is 2.87. The van der Waals surface area contributed by atoms with Crippen LogP contribution >= 0.6 is 0 Å². The van der Waals surface area contributed by atoms with E-state index >= 15 is 0 Å². The molecule has 2 N–H and O–H groups in total. The number of carbonyl (C=O) groups is 1. The first-order valence-electron chi connectivity index (χ1n) is 8.26. The number of primary amides is 1. The SMILES string of the molecule is Cc1ccccc1-c1c(OC(N)=O)c2c(n1C)-c1ccncc1CC2. The highest BCUT2D eigenvalue weighted by Crippen LogP contribution is 2.46. The summed E-state index contributed by atoms with van der Waals surface area (Å²) >= 11 is 0. The van der Waals surface area contributed by atoms with E-state index < -0.39 is 6.09 Å². The second-order valence-corrected chi connectivity index (χ2v) is 6.33. The van der Waals surface area contributed by atoms with E-state index in [1.807, 2.05) is 50.5 Å². The van der Waals surface area contributed by atoms with Gasteiger partial charge >= 0.3 is 6.09 Å². The monoisotopic (exact) mass is 333 g/mol. The van der Waals surface area contributed by atoms with Crippen molar-refractivity contribution in [3.8, 4) is 28.3 Å². The van der Waals surface area contributed by atoms with Gasteiger partial charge in [-0.1, -0.05) is 24.3 Å². The van der Waals surface area contributed by atoms with Gasteiger partial charge in [-0.25, -0.2) is 4.79 Å². The summed E-state index contributed by atoms with van der Waals surface area (Å²) in [6.07, 6.45) is 4.57. The van der Waals surface area contributed by atoms with Crippen LogP contribution < -0.4 is 10.5 Å². The normalized spacial score (nSPS) is 12.4. The van der Waals surface area contributed by atoms with Crippen molar-refractivity contribution in [2.24, 2.45) is 12.8 Å². The van der Waals surface area contributed by atoms with Crippen molar-refractivity contribution < 1.29 is 9.53 Å². The molecule has 1 aliphatic rings. The maximum Gasteiger partial charge on any atom is 0.410 e. The molecule has 0 atom stereocenters. The first-order valence-corrected chi connectivity index (χ1v) is 8.26. The Bertz CT molecular complexity index is 989. The highest BCUT2D eigenvalue weighted by atomic mass is 16.5. The third kappa shape index (κ3) is 2.39. The molecular formula is C20H19N3O2. The van der Waals surface area contributed by atoms with E-state index in [1.165, 1.54) is 5.56 Å². The van der Waals surface area contributed by atoms with Crippen LogP contribution in [-0.4, -0.2) is 15.6 Å². The lowest BCUT2D eigenvalue weighted by Gasteiger charge is -2.17. The summed E-state index contributed by atoms with van der Waals surface area (Å²) in [5.41, 5.74) is 12.8. The standard InChI is InChI=1S/C20H19N3O2/c1-12-5-3-4-6-14(12)18-19(25-20(21)24)16-8-7-13-11-22-10-9-15(13)17(16)23(18)2/h3-6,9-11H,7-8H2,1-2H3,(H2,21,24). The number of benzene rings is 1. The van der Waals surface area contributed by atoms with Crippen LogP contribution in [0.5, 0.6) is 5.75 Å². The van der Waals surface area contributed by atoms with Crippen LogP contribution in [0.1, 0.15) is 16.7 Å². The zero-order valence-corrected chi connectivity index (χ0v) is 14.2. The van der Waals surface area contributed by atoms with Crippen molar-refractivity contribution in [2.75, 3.05) is 0 Å². The van der Waals surface area contributed by atoms with Gasteiger partial charge in [0.1, 0.15) is 0 Å². The van der Waals surface area contributed by atoms with Gasteiger partial charge in [-0.15, -0.1) is 0 Å². The Morgan fingerprint density at radius 3 is 2.72 bits per heavy atom. The van der Waals surface area contributed by atoms with E-state index in [0.717, 1.165) is 46.5 Å². The number of hydrogen-bond acceptors (Lipinski definition) is 3. The zero-order chi connectivity index (χ0) is 17.6. The van der Waals surface area contributed by atoms with Crippen molar-refractivity contribution in [1.29, 1.82) is 0 Å². The van der Waals surface area contributed by atoms with Gasteiger partial charge in [0, 0.05) is 36.1 Å². The molecule has 1 aliphatic carbocycles. The number of hydrogen-bond donors (Lipinski definition) is 1. The van der Waals surface area contributed by atoms with E-state index in [9.17, 15) is 4.79 Å². The van der Waals surface area contributed by atoms with Gasteiger partial charge in [-0.3, -0.25) is 4.98 Å². The number of nitrogens with zero attached hydrogens (tertiary/aromatic N) is 2. The van der Waals surface area contributed by atoms with Gasteiger partial charge < -0.3 is 15.0 Å². The number of carbonyl (C=O) groups excluding carboxylic acids is 1. The number of nitrogens with two attached hydrogens (primary N) is 1. The Labute approximate surface area is 146 Å². The number of fused-ring (bicyclic) bond motifs is 3. The van der Waals surface area contributed by atoms with Gasteiger partial charge in [-0.2, -0.15) is 0 Å². The minimum atomic E-state index is -0.788. The number of pyridine rings is 1. The number of rotatable bonds is 2. The predicted molar refractivity (Wildman–Crippen MR) is 96.4 cm³/mol. The van der Waals surface area contributed by atoms with Crippen molar-refractivity contribution in [3.05, 3.63) is 59.4 Å². The van der Waals surface area contributed by atoms with Gasteiger partial charge in [0.05, 0.1) is 11.4 Å². The minimum Gasteiger partial charge on any atom is -0.408 e. The summed E-state index contributed by atoms with van der Waals surface area (Å²) in [6.45, 7) is 2.05. The molecular weight excluding hydrogens is 314 g/mol. The molecule has 5 nitrogen and oxygen atoms in total. The van der Waals surface area contributed by atoms with Crippen LogP contribution in [0.25, 0.3) is 22.5 Å². The second-order valence-electron chi connectivity index (χ2n) is 6.33. The molecule has 2 aromatic heterocycles. The first kappa shape index (κ1) is 15.4. The summed E-state index contributed by atoms with van der Waals surface area (Å²) in [5, 5.41) is 0. The fourth-order valence-electron chi connectivity index (χ4n) is 3.76. The predicted octanol–water partition coefficient (Wildman–Crippen LogP) is 3.62. The topological polar surface area (TPSA) is 70.1 Å². The van der Waals surface area contributed by atoms with Gasteiger partial charge in [0.2, 0.25) is 0 Å². The number of aromatic nitrogens is 2. The van der Waals surface area contributed by atoms with Crippen molar-refractivity contribution in [1.82, 2.24) is 9.55 Å². The highest BCUT2D eigenvalue weighted by molar-refractivity contribution is 5.85. The molecule has 2 heterocycles. The van der Waals surface area contributed by atoms with E-state index in [0.29, 0.717) is 5.75 Å². The van der Waals surface area contributed by atoms with Crippen LogP contribution in [0, 0.1) is 6.92 Å². The molecule has 25 heavy (non-hydrogen) atoms. The van der Waals surface area contributed by atoms with E-state index in [-0.39, 0.29) is 0 Å². The van der Waals surface area contributed by atoms with Crippen LogP contribution in [0.2, 0.25) is 0 Å². The number of amides is 1. The Balaban J connectivity index is 2.05. The number of ether oxygens (including phenoxy) is 1. The van der Waals surface area contributed by atoms with Gasteiger partial charge in [0.25, 0.3) is 0 Å².